The van der Waals surface area contributed by atoms with Gasteiger partial charge in [-0.15, -0.1) is 0 Å². The summed E-state index contributed by atoms with van der Waals surface area (Å²) < 4.78 is 27.9. The Morgan fingerprint density at radius 2 is 1.93 bits per heavy atom. The number of hydrogen-bond donors (Lipinski definition) is 2. The van der Waals surface area contributed by atoms with Crippen LogP contribution in [0.3, 0.4) is 0 Å². The lowest BCUT2D eigenvalue weighted by Gasteiger charge is -2.17. The molecule has 4 rings (SSSR count). The molecule has 0 aliphatic carbocycles. The number of hydrogen-bond acceptors (Lipinski definition) is 4. The summed E-state index contributed by atoms with van der Waals surface area (Å²) in [6.07, 6.45) is 3.21. The predicted octanol–water partition coefficient (Wildman–Crippen LogP) is 2.64. The topological polar surface area (TPSA) is 88.2 Å². The first-order valence-electron chi connectivity index (χ1n) is 8.78. The Hall–Kier alpha value is -2.77. The van der Waals surface area contributed by atoms with Crippen molar-refractivity contribution in [2.24, 2.45) is 0 Å². The van der Waals surface area contributed by atoms with Crippen molar-refractivity contribution in [3.05, 3.63) is 65.9 Å². The van der Waals surface area contributed by atoms with Crippen LogP contribution < -0.4 is 10.0 Å². The number of sulfonamides is 1. The maximum absolute atomic E-state index is 12.6. The lowest BCUT2D eigenvalue weighted by atomic mass is 10.0. The second-order valence-electron chi connectivity index (χ2n) is 6.51. The van der Waals surface area contributed by atoms with Crippen LogP contribution in [0, 0.1) is 0 Å². The molecule has 2 N–H and O–H groups in total. The predicted molar refractivity (Wildman–Crippen MR) is 104 cm³/mol. The largest absolute Gasteiger partial charge is 0.326 e. The van der Waals surface area contributed by atoms with Crippen molar-refractivity contribution in [2.75, 3.05) is 11.9 Å². The number of benzene rings is 2. The Bertz CT molecular complexity index is 1120. The maximum atomic E-state index is 12.6. The highest BCUT2D eigenvalue weighted by Gasteiger charge is 2.19. The molecule has 0 atom stereocenters. The second-order valence-corrected chi connectivity index (χ2v) is 8.27. The van der Waals surface area contributed by atoms with Gasteiger partial charge in [-0.1, -0.05) is 24.3 Å². The summed E-state index contributed by atoms with van der Waals surface area (Å²) in [5, 5.41) is 3.80. The third-order valence-corrected chi connectivity index (χ3v) is 6.14. The fourth-order valence-electron chi connectivity index (χ4n) is 3.30. The lowest BCUT2D eigenvalue weighted by Crippen LogP contribution is -2.26. The number of para-hydroxylation sites is 1. The Morgan fingerprint density at radius 3 is 2.81 bits per heavy atom. The van der Waals surface area contributed by atoms with E-state index in [1.165, 1.54) is 6.07 Å². The van der Waals surface area contributed by atoms with Gasteiger partial charge in [-0.2, -0.15) is 0 Å². The molecule has 0 saturated heterocycles. The SMILES string of the molecule is O=C1CCc2cc(S(=O)(=O)NCCc3cccc4cccnc34)ccc2N1. The summed E-state index contributed by atoms with van der Waals surface area (Å²) in [5.74, 6) is -0.0417. The van der Waals surface area contributed by atoms with E-state index >= 15 is 0 Å². The van der Waals surface area contributed by atoms with Crippen molar-refractivity contribution in [1.82, 2.24) is 9.71 Å². The van der Waals surface area contributed by atoms with Gasteiger partial charge in [-0.05, 0) is 48.2 Å². The van der Waals surface area contributed by atoms with Gasteiger partial charge in [0.25, 0.3) is 0 Å². The van der Waals surface area contributed by atoms with Crippen molar-refractivity contribution in [3.8, 4) is 0 Å². The van der Waals surface area contributed by atoms with Gasteiger partial charge >= 0.3 is 0 Å². The number of pyridine rings is 1. The summed E-state index contributed by atoms with van der Waals surface area (Å²) in [6, 6.07) is 14.6. The third-order valence-electron chi connectivity index (χ3n) is 4.69. The minimum absolute atomic E-state index is 0.0417. The van der Waals surface area contributed by atoms with E-state index in [0.29, 0.717) is 24.9 Å². The highest BCUT2D eigenvalue weighted by molar-refractivity contribution is 7.89. The number of amides is 1. The third kappa shape index (κ3) is 3.70. The number of aryl methyl sites for hydroxylation is 1. The Kier molecular flexibility index (Phi) is 4.63. The molecule has 1 aliphatic rings. The Morgan fingerprint density at radius 1 is 1.07 bits per heavy atom. The first-order valence-corrected chi connectivity index (χ1v) is 10.3. The molecule has 1 aromatic heterocycles. The van der Waals surface area contributed by atoms with Gasteiger partial charge in [-0.25, -0.2) is 13.1 Å². The van der Waals surface area contributed by atoms with Gasteiger partial charge in [0, 0.05) is 30.2 Å². The number of carbonyl (C=O) groups excluding carboxylic acids is 1. The molecule has 0 fully saturated rings. The van der Waals surface area contributed by atoms with Gasteiger partial charge in [0.1, 0.15) is 0 Å². The minimum atomic E-state index is -3.61. The van der Waals surface area contributed by atoms with Crippen LogP contribution in [0.25, 0.3) is 10.9 Å². The van der Waals surface area contributed by atoms with E-state index in [4.69, 9.17) is 0 Å². The molecule has 1 amide bonds. The quantitative estimate of drug-likeness (QED) is 0.711. The molecule has 0 saturated carbocycles. The molecule has 7 heteroatoms. The molecule has 27 heavy (non-hydrogen) atoms. The average molecular weight is 381 g/mol. The van der Waals surface area contributed by atoms with Crippen molar-refractivity contribution in [2.45, 2.75) is 24.2 Å². The Labute approximate surface area is 157 Å². The lowest BCUT2D eigenvalue weighted by molar-refractivity contribution is -0.116. The van der Waals surface area contributed by atoms with E-state index in [2.05, 4.69) is 15.0 Å². The molecule has 0 bridgehead atoms. The molecule has 3 aromatic rings. The van der Waals surface area contributed by atoms with Gasteiger partial charge in [0.2, 0.25) is 15.9 Å². The summed E-state index contributed by atoms with van der Waals surface area (Å²) in [4.78, 5) is 16.0. The van der Waals surface area contributed by atoms with E-state index < -0.39 is 10.0 Å². The van der Waals surface area contributed by atoms with Crippen LogP contribution in [-0.2, 0) is 27.7 Å². The average Bonchev–Trinajstić information content (AvgIpc) is 2.67. The van der Waals surface area contributed by atoms with Gasteiger partial charge in [0.15, 0.2) is 0 Å². The normalized spacial score (nSPS) is 14.0. The fraction of sp³-hybridized carbons (Fsp3) is 0.200. The van der Waals surface area contributed by atoms with Gasteiger partial charge in [-0.3, -0.25) is 9.78 Å². The number of carbonyl (C=O) groups is 1. The van der Waals surface area contributed by atoms with Gasteiger partial charge < -0.3 is 5.32 Å². The summed E-state index contributed by atoms with van der Waals surface area (Å²) >= 11 is 0. The highest BCUT2D eigenvalue weighted by atomic mass is 32.2. The van der Waals surface area contributed by atoms with Crippen LogP contribution in [0.4, 0.5) is 5.69 Å². The zero-order valence-electron chi connectivity index (χ0n) is 14.6. The first-order chi connectivity index (χ1) is 13.0. The van der Waals surface area contributed by atoms with Crippen molar-refractivity contribution in [3.63, 3.8) is 0 Å². The van der Waals surface area contributed by atoms with E-state index in [0.717, 1.165) is 22.0 Å². The smallest absolute Gasteiger partial charge is 0.240 e. The highest BCUT2D eigenvalue weighted by Crippen LogP contribution is 2.25. The van der Waals surface area contributed by atoms with Crippen LogP contribution in [0.5, 0.6) is 0 Å². The van der Waals surface area contributed by atoms with Crippen LogP contribution in [0.1, 0.15) is 17.5 Å². The second kappa shape index (κ2) is 7.09. The minimum Gasteiger partial charge on any atom is -0.326 e. The van der Waals surface area contributed by atoms with Crippen molar-refractivity contribution in [1.29, 1.82) is 0 Å². The molecule has 0 spiro atoms. The van der Waals surface area contributed by atoms with Crippen molar-refractivity contribution < 1.29 is 13.2 Å². The number of nitrogens with one attached hydrogen (secondary N) is 2. The number of rotatable bonds is 5. The van der Waals surface area contributed by atoms with E-state index in [1.54, 1.807) is 18.3 Å². The number of anilines is 1. The van der Waals surface area contributed by atoms with E-state index in [-0.39, 0.29) is 17.3 Å². The molecule has 1 aliphatic heterocycles. The molecular formula is C20H19N3O3S. The van der Waals surface area contributed by atoms with Crippen LogP contribution in [0.2, 0.25) is 0 Å². The van der Waals surface area contributed by atoms with Crippen molar-refractivity contribution >= 4 is 32.5 Å². The standard InChI is InChI=1S/C20H19N3O3S/c24-19-9-6-16-13-17(7-8-18(16)23-19)27(25,26)22-12-10-15-4-1-3-14-5-2-11-21-20(14)15/h1-5,7-8,11,13,22H,6,9-10,12H2,(H,23,24). The first kappa shape index (κ1) is 17.6. The molecular weight excluding hydrogens is 362 g/mol. The molecule has 2 aromatic carbocycles. The zero-order chi connectivity index (χ0) is 18.9. The number of fused-ring (bicyclic) bond motifs is 2. The fourth-order valence-corrected chi connectivity index (χ4v) is 4.38. The number of aromatic nitrogens is 1. The maximum Gasteiger partial charge on any atom is 0.240 e. The van der Waals surface area contributed by atoms with E-state index in [1.807, 2.05) is 30.3 Å². The van der Waals surface area contributed by atoms with Crippen LogP contribution in [-0.4, -0.2) is 25.9 Å². The summed E-state index contributed by atoms with van der Waals surface area (Å²) in [5.41, 5.74) is 3.43. The van der Waals surface area contributed by atoms with Gasteiger partial charge in [0.05, 0.1) is 10.4 Å². The molecule has 0 unspecified atom stereocenters. The van der Waals surface area contributed by atoms with Crippen LogP contribution >= 0.6 is 0 Å². The Balaban J connectivity index is 1.48. The zero-order valence-corrected chi connectivity index (χ0v) is 15.4. The summed E-state index contributed by atoms with van der Waals surface area (Å²) in [7, 11) is -3.61. The van der Waals surface area contributed by atoms with Crippen LogP contribution in [0.15, 0.2) is 59.6 Å². The molecule has 0 radical (unpaired) electrons. The molecule has 2 heterocycles. The monoisotopic (exact) mass is 381 g/mol. The number of nitrogens with zero attached hydrogens (tertiary/aromatic N) is 1. The summed E-state index contributed by atoms with van der Waals surface area (Å²) in [6.45, 7) is 0.284. The molecule has 6 nitrogen and oxygen atoms in total. The molecule has 138 valence electrons. The van der Waals surface area contributed by atoms with E-state index in [9.17, 15) is 13.2 Å².